The number of fused-ring (bicyclic) bond motifs is 1. The van der Waals surface area contributed by atoms with Crippen LogP contribution in [-0.4, -0.2) is 55.9 Å². The van der Waals surface area contributed by atoms with Crippen LogP contribution in [-0.2, 0) is 4.79 Å². The van der Waals surface area contributed by atoms with Gasteiger partial charge in [0.25, 0.3) is 5.89 Å². The van der Waals surface area contributed by atoms with E-state index in [0.29, 0.717) is 17.5 Å². The number of nitriles is 1. The summed E-state index contributed by atoms with van der Waals surface area (Å²) in [5.74, 6) is 0.428. The highest BCUT2D eigenvalue weighted by Gasteiger charge is 2.53. The van der Waals surface area contributed by atoms with Gasteiger partial charge in [-0.15, -0.1) is 5.10 Å². The van der Waals surface area contributed by atoms with Crippen molar-refractivity contribution in [1.82, 2.24) is 30.1 Å². The minimum absolute atomic E-state index is 0.0255. The number of anilines is 2. The van der Waals surface area contributed by atoms with Gasteiger partial charge in [-0.1, -0.05) is 5.10 Å². The molecule has 0 unspecified atom stereocenters. The summed E-state index contributed by atoms with van der Waals surface area (Å²) in [5, 5.41) is 28.6. The minimum atomic E-state index is 0.0255. The van der Waals surface area contributed by atoms with E-state index < -0.39 is 0 Å². The number of aromatic nitrogens is 5. The van der Waals surface area contributed by atoms with Gasteiger partial charge in [0.1, 0.15) is 6.07 Å². The summed E-state index contributed by atoms with van der Waals surface area (Å²) in [4.78, 5) is 18.0. The number of carbonyl (C=O) groups excluding carboxylic acids is 1. The van der Waals surface area contributed by atoms with E-state index in [0.717, 1.165) is 54.1 Å². The van der Waals surface area contributed by atoms with Gasteiger partial charge < -0.3 is 20.0 Å². The number of hydrogen-bond acceptors (Lipinski definition) is 9. The van der Waals surface area contributed by atoms with E-state index >= 15 is 0 Å². The first-order chi connectivity index (χ1) is 17.8. The fraction of sp³-hybridized carbons (Fsp3) is 0.385. The van der Waals surface area contributed by atoms with Gasteiger partial charge in [0.05, 0.1) is 39.9 Å². The zero-order valence-electron chi connectivity index (χ0n) is 20.9. The molecule has 0 aromatic carbocycles. The molecule has 1 aliphatic carbocycles. The molecule has 1 saturated carbocycles. The predicted octanol–water partition coefficient (Wildman–Crippen LogP) is 3.24. The summed E-state index contributed by atoms with van der Waals surface area (Å²) in [6, 6.07) is 10.7. The summed E-state index contributed by atoms with van der Waals surface area (Å²) in [6.45, 7) is 7.38. The Kier molecular flexibility index (Phi) is 5.33. The molecule has 37 heavy (non-hydrogen) atoms. The van der Waals surface area contributed by atoms with Gasteiger partial charge in [0.2, 0.25) is 5.91 Å². The van der Waals surface area contributed by atoms with Crippen molar-refractivity contribution in [3.63, 3.8) is 0 Å². The predicted molar refractivity (Wildman–Crippen MR) is 137 cm³/mol. The summed E-state index contributed by atoms with van der Waals surface area (Å²) in [5.41, 5.74) is 4.66. The topological polar surface area (TPSA) is 137 Å². The first kappa shape index (κ1) is 23.0. The molecule has 2 N–H and O–H groups in total. The summed E-state index contributed by atoms with van der Waals surface area (Å²) >= 11 is 0. The van der Waals surface area contributed by atoms with Crippen LogP contribution in [0.25, 0.3) is 28.4 Å². The molecular weight excluding hydrogens is 470 g/mol. The molecule has 11 heteroatoms. The maximum atomic E-state index is 11.3. The van der Waals surface area contributed by atoms with Crippen LogP contribution in [0, 0.1) is 16.7 Å². The Morgan fingerprint density at radius 1 is 1.22 bits per heavy atom. The van der Waals surface area contributed by atoms with Gasteiger partial charge in [-0.3, -0.25) is 9.78 Å². The standard InChI is InChI=1S/C26H27N9O2/c1-15(2)30-21-7-22(23-5-4-19-6-17(10-27)11-29-35(19)23)28-12-20(21)24-32-33-25(37-24)34-13-26(14-34)8-18(9-26)31-16(3)36/h4-7,11-12,15,18H,8-9,13-14H2,1-3H3,(H,28,30)(H,31,36). The quantitative estimate of drug-likeness (QED) is 0.411. The Labute approximate surface area is 213 Å². The van der Waals surface area contributed by atoms with E-state index in [1.54, 1.807) is 29.9 Å². The van der Waals surface area contributed by atoms with E-state index in [2.05, 4.69) is 55.7 Å². The molecule has 2 aliphatic rings. The largest absolute Gasteiger partial charge is 0.403 e. The lowest BCUT2D eigenvalue weighted by atomic mass is 9.61. The number of amides is 1. The minimum Gasteiger partial charge on any atom is -0.403 e. The highest BCUT2D eigenvalue weighted by molar-refractivity contribution is 5.77. The molecule has 1 amide bonds. The smallest absolute Gasteiger partial charge is 0.318 e. The van der Waals surface area contributed by atoms with E-state index in [-0.39, 0.29) is 23.4 Å². The Morgan fingerprint density at radius 2 is 2.03 bits per heavy atom. The van der Waals surface area contributed by atoms with Crippen LogP contribution in [0.4, 0.5) is 11.7 Å². The maximum Gasteiger partial charge on any atom is 0.318 e. The molecule has 188 valence electrons. The van der Waals surface area contributed by atoms with Gasteiger partial charge in [0, 0.05) is 43.7 Å². The van der Waals surface area contributed by atoms with Crippen molar-refractivity contribution in [2.45, 2.75) is 45.7 Å². The second-order valence-corrected chi connectivity index (χ2v) is 10.4. The Morgan fingerprint density at radius 3 is 2.76 bits per heavy atom. The van der Waals surface area contributed by atoms with Gasteiger partial charge in [-0.05, 0) is 51.0 Å². The molecule has 5 heterocycles. The monoisotopic (exact) mass is 497 g/mol. The van der Waals surface area contributed by atoms with Crippen LogP contribution in [0.2, 0.25) is 0 Å². The Bertz CT molecular complexity index is 1530. The Balaban J connectivity index is 1.24. The van der Waals surface area contributed by atoms with E-state index in [1.165, 1.54) is 0 Å². The van der Waals surface area contributed by atoms with Crippen LogP contribution in [0.3, 0.4) is 0 Å². The van der Waals surface area contributed by atoms with Crippen molar-refractivity contribution in [2.24, 2.45) is 5.41 Å². The second kappa shape index (κ2) is 8.58. The lowest BCUT2D eigenvalue weighted by Crippen LogP contribution is -2.66. The number of carbonyl (C=O) groups is 1. The van der Waals surface area contributed by atoms with E-state index in [9.17, 15) is 4.79 Å². The number of rotatable bonds is 6. The highest BCUT2D eigenvalue weighted by atomic mass is 16.4. The number of pyridine rings is 1. The number of nitrogens with one attached hydrogen (secondary N) is 2. The van der Waals surface area contributed by atoms with Crippen molar-refractivity contribution in [3.05, 3.63) is 42.2 Å². The first-order valence-electron chi connectivity index (χ1n) is 12.3. The average Bonchev–Trinajstić information content (AvgIpc) is 3.46. The van der Waals surface area contributed by atoms with Gasteiger partial charge in [-0.25, -0.2) is 4.52 Å². The molecular formula is C26H27N9O2. The van der Waals surface area contributed by atoms with Crippen molar-refractivity contribution < 1.29 is 9.21 Å². The van der Waals surface area contributed by atoms with Gasteiger partial charge in [-0.2, -0.15) is 10.4 Å². The molecule has 1 saturated heterocycles. The summed E-state index contributed by atoms with van der Waals surface area (Å²) < 4.78 is 7.85. The molecule has 4 aromatic heterocycles. The average molecular weight is 498 g/mol. The zero-order chi connectivity index (χ0) is 25.7. The van der Waals surface area contributed by atoms with Crippen LogP contribution in [0.15, 0.2) is 41.1 Å². The molecule has 1 aliphatic heterocycles. The molecule has 1 spiro atoms. The fourth-order valence-electron chi connectivity index (χ4n) is 5.43. The SMILES string of the molecule is CC(=O)NC1CC2(C1)CN(c1nnc(-c3cnc(-c4ccc5cc(C#N)cnn45)cc3NC(C)C)o1)C2. The molecule has 2 fully saturated rings. The molecule has 4 aromatic rings. The lowest BCUT2D eigenvalue weighted by molar-refractivity contribution is -0.121. The van der Waals surface area contributed by atoms with Crippen molar-refractivity contribution in [1.29, 1.82) is 5.26 Å². The van der Waals surface area contributed by atoms with E-state index in [1.807, 2.05) is 18.2 Å². The molecule has 0 atom stereocenters. The van der Waals surface area contributed by atoms with Crippen LogP contribution >= 0.6 is 0 Å². The van der Waals surface area contributed by atoms with Crippen LogP contribution in [0.5, 0.6) is 0 Å². The fourth-order valence-corrected chi connectivity index (χ4v) is 5.43. The summed E-state index contributed by atoms with van der Waals surface area (Å²) in [6.07, 6.45) is 5.25. The highest BCUT2D eigenvalue weighted by Crippen LogP contribution is 2.49. The number of hydrogen-bond donors (Lipinski definition) is 2. The zero-order valence-corrected chi connectivity index (χ0v) is 20.9. The molecule has 0 radical (unpaired) electrons. The van der Waals surface area contributed by atoms with Crippen molar-refractivity contribution in [2.75, 3.05) is 23.3 Å². The first-order valence-corrected chi connectivity index (χ1v) is 12.3. The molecule has 0 bridgehead atoms. The maximum absolute atomic E-state index is 11.3. The third-order valence-corrected chi connectivity index (χ3v) is 6.97. The van der Waals surface area contributed by atoms with Crippen LogP contribution in [0.1, 0.15) is 39.2 Å². The molecule has 6 rings (SSSR count). The summed E-state index contributed by atoms with van der Waals surface area (Å²) in [7, 11) is 0. The van der Waals surface area contributed by atoms with Gasteiger partial charge in [0.15, 0.2) is 0 Å². The van der Waals surface area contributed by atoms with E-state index in [4.69, 9.17) is 9.68 Å². The van der Waals surface area contributed by atoms with Crippen LogP contribution < -0.4 is 15.5 Å². The van der Waals surface area contributed by atoms with Crippen molar-refractivity contribution >= 4 is 23.1 Å². The lowest BCUT2D eigenvalue weighted by Gasteiger charge is -2.58. The molecule has 11 nitrogen and oxygen atoms in total. The Hall–Kier alpha value is -4.46. The third-order valence-electron chi connectivity index (χ3n) is 6.97. The number of nitrogens with zero attached hydrogens (tertiary/aromatic N) is 7. The van der Waals surface area contributed by atoms with Gasteiger partial charge >= 0.3 is 6.01 Å². The normalized spacial score (nSPS) is 16.5. The second-order valence-electron chi connectivity index (χ2n) is 10.4. The van der Waals surface area contributed by atoms with Crippen molar-refractivity contribution in [3.8, 4) is 28.9 Å². The third kappa shape index (κ3) is 4.14.